The Bertz CT molecular complexity index is 1060. The lowest BCUT2D eigenvalue weighted by Gasteiger charge is -2.46. The first-order valence-electron chi connectivity index (χ1n) is 8.75. The van der Waals surface area contributed by atoms with Crippen LogP contribution < -0.4 is 15.5 Å². The van der Waals surface area contributed by atoms with E-state index in [4.69, 9.17) is 10.2 Å². The van der Waals surface area contributed by atoms with Crippen LogP contribution in [-0.2, 0) is 0 Å². The quantitative estimate of drug-likeness (QED) is 0.707. The highest BCUT2D eigenvalue weighted by molar-refractivity contribution is 7.17. The van der Waals surface area contributed by atoms with Crippen molar-refractivity contribution in [1.82, 2.24) is 15.3 Å². The Hall–Kier alpha value is -2.54. The summed E-state index contributed by atoms with van der Waals surface area (Å²) in [5, 5.41) is 20.8. The van der Waals surface area contributed by atoms with Gasteiger partial charge in [0.2, 0.25) is 0 Å². The number of nitrogens with zero attached hydrogens (tertiary/aromatic N) is 4. The Kier molecular flexibility index (Phi) is 4.04. The predicted octanol–water partition coefficient (Wildman–Crippen LogP) is 2.82. The highest BCUT2D eigenvalue weighted by atomic mass is 32.1. The van der Waals surface area contributed by atoms with Gasteiger partial charge in [-0.05, 0) is 12.8 Å². The number of hydrogen-bond acceptors (Lipinski definition) is 8. The van der Waals surface area contributed by atoms with Crippen LogP contribution in [0.2, 0.25) is 0 Å². The largest absolute Gasteiger partial charge is 0.349 e. The molecule has 7 nitrogen and oxygen atoms in total. The number of fused-ring (bicyclic) bond motifs is 4. The number of anilines is 2. The van der Waals surface area contributed by atoms with Gasteiger partial charge >= 0.3 is 0 Å². The Morgan fingerprint density at radius 3 is 3.04 bits per heavy atom. The molecule has 27 heavy (non-hydrogen) atoms. The van der Waals surface area contributed by atoms with Crippen molar-refractivity contribution in [2.75, 3.05) is 23.3 Å². The molecule has 0 aliphatic carbocycles. The fraction of sp³-hybridized carbons (Fsp3) is 0.333. The number of carbonyl (C=O) groups excluding carboxylic acids is 1. The number of hydrogen-bond donors (Lipinski definition) is 2. The lowest BCUT2D eigenvalue weighted by molar-refractivity contribution is 0.102. The van der Waals surface area contributed by atoms with Crippen molar-refractivity contribution in [3.63, 3.8) is 0 Å². The maximum absolute atomic E-state index is 12.8. The van der Waals surface area contributed by atoms with E-state index >= 15 is 0 Å². The molecule has 3 aliphatic heterocycles. The lowest BCUT2D eigenvalue weighted by atomic mass is 9.93. The standard InChI is InChI=1S/C18H16N6OS2/c19-3-10-7-26-9-14(10)22-17(25)13-8-27-18-16(13)23-15(5-21-18)24-6-11-1-2-12(24)4-20-11/h5,7-9,11-12,20H,1-2,4,6H2,(H,22,25)/t11-,12-/m0/s1. The minimum atomic E-state index is -0.260. The Labute approximate surface area is 163 Å². The van der Waals surface area contributed by atoms with E-state index in [1.807, 2.05) is 6.20 Å². The molecule has 2 N–H and O–H groups in total. The van der Waals surface area contributed by atoms with Crippen molar-refractivity contribution in [1.29, 1.82) is 5.26 Å². The van der Waals surface area contributed by atoms with E-state index in [1.165, 1.54) is 29.1 Å². The molecule has 136 valence electrons. The first-order chi connectivity index (χ1) is 13.2. The highest BCUT2D eigenvalue weighted by Gasteiger charge is 2.34. The van der Waals surface area contributed by atoms with Crippen molar-refractivity contribution < 1.29 is 4.79 Å². The van der Waals surface area contributed by atoms with Gasteiger partial charge in [-0.2, -0.15) is 5.26 Å². The second-order valence-electron chi connectivity index (χ2n) is 6.79. The topological polar surface area (TPSA) is 93.9 Å². The predicted molar refractivity (Wildman–Crippen MR) is 107 cm³/mol. The summed E-state index contributed by atoms with van der Waals surface area (Å²) < 4.78 is 0. The molecule has 2 atom stereocenters. The molecule has 9 heteroatoms. The SMILES string of the molecule is N#Cc1cscc1NC(=O)c1csc2ncc(N3C[C@@H]4CC[C@H]3CN4)nc12. The normalized spacial score (nSPS) is 21.4. The fourth-order valence-corrected chi connectivity index (χ4v) is 5.29. The molecule has 0 unspecified atom stereocenters. The molecule has 3 aliphatic rings. The van der Waals surface area contributed by atoms with Crippen LogP contribution in [0.15, 0.2) is 22.3 Å². The summed E-state index contributed by atoms with van der Waals surface area (Å²) in [6, 6.07) is 3.02. The van der Waals surface area contributed by atoms with E-state index in [9.17, 15) is 4.79 Å². The molecule has 0 saturated carbocycles. The van der Waals surface area contributed by atoms with Crippen molar-refractivity contribution in [3.05, 3.63) is 33.5 Å². The van der Waals surface area contributed by atoms with Gasteiger partial charge in [-0.1, -0.05) is 0 Å². The van der Waals surface area contributed by atoms with Crippen LogP contribution in [0.5, 0.6) is 0 Å². The van der Waals surface area contributed by atoms with Gasteiger partial charge < -0.3 is 15.5 Å². The van der Waals surface area contributed by atoms with Crippen molar-refractivity contribution in [2.45, 2.75) is 24.9 Å². The number of piperidine rings is 2. The van der Waals surface area contributed by atoms with E-state index in [1.54, 1.807) is 16.1 Å². The molecule has 1 amide bonds. The fourth-order valence-electron chi connectivity index (χ4n) is 3.76. The highest BCUT2D eigenvalue weighted by Crippen LogP contribution is 2.30. The van der Waals surface area contributed by atoms with E-state index < -0.39 is 0 Å². The van der Waals surface area contributed by atoms with E-state index in [-0.39, 0.29) is 5.91 Å². The van der Waals surface area contributed by atoms with Crippen molar-refractivity contribution in [2.24, 2.45) is 0 Å². The number of rotatable bonds is 3. The molecule has 3 saturated heterocycles. The third-order valence-electron chi connectivity index (χ3n) is 5.19. The Balaban J connectivity index is 1.47. The summed E-state index contributed by atoms with van der Waals surface area (Å²) in [6.45, 7) is 1.90. The van der Waals surface area contributed by atoms with Gasteiger partial charge in [-0.3, -0.25) is 4.79 Å². The maximum Gasteiger partial charge on any atom is 0.258 e. The number of aromatic nitrogens is 2. The van der Waals surface area contributed by atoms with Gasteiger partial charge in [0.15, 0.2) is 0 Å². The molecular formula is C18H16N6OS2. The van der Waals surface area contributed by atoms with Crippen LogP contribution >= 0.6 is 22.7 Å². The molecule has 3 aromatic rings. The zero-order valence-corrected chi connectivity index (χ0v) is 15.9. The number of amides is 1. The molecule has 0 radical (unpaired) electrons. The summed E-state index contributed by atoms with van der Waals surface area (Å²) >= 11 is 2.79. The zero-order chi connectivity index (χ0) is 18.4. The van der Waals surface area contributed by atoms with Gasteiger partial charge in [0, 0.05) is 41.3 Å². The van der Waals surface area contributed by atoms with Gasteiger partial charge in [-0.25, -0.2) is 9.97 Å². The molecular weight excluding hydrogens is 380 g/mol. The second kappa shape index (κ2) is 6.56. The molecule has 6 rings (SSSR count). The van der Waals surface area contributed by atoms with Crippen LogP contribution in [0.4, 0.5) is 11.5 Å². The lowest BCUT2D eigenvalue weighted by Crippen LogP contribution is -2.61. The zero-order valence-electron chi connectivity index (χ0n) is 14.3. The summed E-state index contributed by atoms with van der Waals surface area (Å²) in [5.74, 6) is 0.573. The van der Waals surface area contributed by atoms with Gasteiger partial charge in [0.25, 0.3) is 5.91 Å². The second-order valence-corrected chi connectivity index (χ2v) is 8.39. The van der Waals surface area contributed by atoms with Crippen LogP contribution in [0.25, 0.3) is 10.3 Å². The summed E-state index contributed by atoms with van der Waals surface area (Å²) in [5.41, 5.74) is 2.13. The number of piperazine rings is 1. The van der Waals surface area contributed by atoms with Crippen LogP contribution in [0, 0.1) is 11.3 Å². The molecule has 0 aromatic carbocycles. The van der Waals surface area contributed by atoms with Gasteiger partial charge in [0.1, 0.15) is 22.2 Å². The van der Waals surface area contributed by atoms with Gasteiger partial charge in [0.05, 0.1) is 23.0 Å². The van der Waals surface area contributed by atoms with Crippen LogP contribution in [0.1, 0.15) is 28.8 Å². The molecule has 6 heterocycles. The summed E-state index contributed by atoms with van der Waals surface area (Å²) in [7, 11) is 0. The smallest absolute Gasteiger partial charge is 0.258 e. The van der Waals surface area contributed by atoms with E-state index in [0.29, 0.717) is 34.4 Å². The number of nitrogens with one attached hydrogen (secondary N) is 2. The van der Waals surface area contributed by atoms with Crippen LogP contribution in [-0.4, -0.2) is 41.0 Å². The van der Waals surface area contributed by atoms with Crippen molar-refractivity contribution in [3.8, 4) is 6.07 Å². The first kappa shape index (κ1) is 16.6. The Morgan fingerprint density at radius 2 is 2.30 bits per heavy atom. The minimum absolute atomic E-state index is 0.260. The summed E-state index contributed by atoms with van der Waals surface area (Å²) in [6.07, 6.45) is 4.17. The summed E-state index contributed by atoms with van der Waals surface area (Å²) in [4.78, 5) is 25.2. The monoisotopic (exact) mass is 396 g/mol. The number of thiophene rings is 2. The Morgan fingerprint density at radius 1 is 1.37 bits per heavy atom. The average molecular weight is 397 g/mol. The van der Waals surface area contributed by atoms with Crippen molar-refractivity contribution >= 4 is 50.4 Å². The number of nitriles is 1. The average Bonchev–Trinajstić information content (AvgIpc) is 3.34. The molecule has 2 bridgehead atoms. The van der Waals surface area contributed by atoms with E-state index in [0.717, 1.165) is 30.2 Å². The molecule has 3 aromatic heterocycles. The third kappa shape index (κ3) is 2.86. The first-order valence-corrected chi connectivity index (χ1v) is 10.6. The minimum Gasteiger partial charge on any atom is -0.349 e. The maximum atomic E-state index is 12.8. The third-order valence-corrected chi connectivity index (χ3v) is 6.81. The van der Waals surface area contributed by atoms with Gasteiger partial charge in [-0.15, -0.1) is 22.7 Å². The van der Waals surface area contributed by atoms with Crippen LogP contribution in [0.3, 0.4) is 0 Å². The molecule has 0 spiro atoms. The number of carbonyl (C=O) groups is 1. The van der Waals surface area contributed by atoms with E-state index in [2.05, 4.69) is 26.6 Å². The molecule has 3 fully saturated rings.